The minimum absolute atomic E-state index is 0.0969. The monoisotopic (exact) mass is 384 g/mol. The van der Waals surface area contributed by atoms with Crippen molar-refractivity contribution in [3.05, 3.63) is 65.2 Å². The third-order valence-electron chi connectivity index (χ3n) is 6.29. The highest BCUT2D eigenvalue weighted by atomic mass is 19.1. The molecular weight excluding hydrogens is 362 g/mol. The molecular formula is C22H22F2N2O2. The fraction of sp³-hybridized carbons (Fsp3) is 0.364. The molecule has 1 atom stereocenters. The smallest absolute Gasteiger partial charge is 0.251 e. The summed E-state index contributed by atoms with van der Waals surface area (Å²) in [5.41, 5.74) is 1.09. The first kappa shape index (κ1) is 18.6. The highest BCUT2D eigenvalue weighted by Gasteiger charge is 2.71. The molecule has 0 aliphatic heterocycles. The Bertz CT molecular complexity index is 936. The number of hydrogen-bond donors (Lipinski definition) is 2. The van der Waals surface area contributed by atoms with E-state index in [0.717, 1.165) is 19.3 Å². The van der Waals surface area contributed by atoms with E-state index in [9.17, 15) is 18.4 Å². The molecule has 5 rings (SSSR count). The molecule has 0 spiro atoms. The molecule has 2 aromatic carbocycles. The minimum atomic E-state index is -0.348. The Morgan fingerprint density at radius 2 is 1.68 bits per heavy atom. The van der Waals surface area contributed by atoms with Gasteiger partial charge in [-0.25, -0.2) is 8.78 Å². The molecule has 0 heterocycles. The Balaban J connectivity index is 1.34. The van der Waals surface area contributed by atoms with E-state index >= 15 is 0 Å². The topological polar surface area (TPSA) is 58.2 Å². The lowest BCUT2D eigenvalue weighted by molar-refractivity contribution is -0.184. The largest absolute Gasteiger partial charge is 0.347 e. The molecule has 0 radical (unpaired) electrons. The maximum absolute atomic E-state index is 13.4. The van der Waals surface area contributed by atoms with E-state index in [1.807, 2.05) is 6.92 Å². The average Bonchev–Trinajstić information content (AvgIpc) is 2.60. The van der Waals surface area contributed by atoms with Crippen LogP contribution in [0.1, 0.15) is 42.1 Å². The summed E-state index contributed by atoms with van der Waals surface area (Å²) < 4.78 is 26.4. The van der Waals surface area contributed by atoms with Gasteiger partial charge in [0.1, 0.15) is 11.6 Å². The lowest BCUT2D eigenvalue weighted by Gasteiger charge is -2.72. The molecule has 28 heavy (non-hydrogen) atoms. The predicted octanol–water partition coefficient (Wildman–Crippen LogP) is 4.20. The van der Waals surface area contributed by atoms with Crippen molar-refractivity contribution in [2.75, 3.05) is 5.32 Å². The number of hydrogen-bond acceptors (Lipinski definition) is 2. The molecule has 146 valence electrons. The summed E-state index contributed by atoms with van der Waals surface area (Å²) in [4.78, 5) is 25.0. The van der Waals surface area contributed by atoms with Gasteiger partial charge >= 0.3 is 0 Å². The zero-order valence-electron chi connectivity index (χ0n) is 15.8. The number of anilines is 1. The number of amides is 2. The van der Waals surface area contributed by atoms with Crippen molar-refractivity contribution in [2.45, 2.75) is 38.6 Å². The quantitative estimate of drug-likeness (QED) is 0.812. The van der Waals surface area contributed by atoms with E-state index in [-0.39, 0.29) is 40.3 Å². The third-order valence-corrected chi connectivity index (χ3v) is 6.29. The first-order chi connectivity index (χ1) is 13.2. The van der Waals surface area contributed by atoms with Crippen LogP contribution in [0.15, 0.2) is 42.5 Å². The summed E-state index contributed by atoms with van der Waals surface area (Å²) in [6.07, 6.45) is 2.26. The van der Waals surface area contributed by atoms with Crippen LogP contribution in [0.4, 0.5) is 14.5 Å². The highest BCUT2D eigenvalue weighted by Crippen LogP contribution is 2.70. The van der Waals surface area contributed by atoms with Gasteiger partial charge in [0.05, 0.1) is 0 Å². The van der Waals surface area contributed by atoms with Crippen molar-refractivity contribution in [3.8, 4) is 0 Å². The molecule has 2 aromatic rings. The van der Waals surface area contributed by atoms with Crippen LogP contribution in [-0.2, 0) is 4.79 Å². The Morgan fingerprint density at radius 1 is 1.04 bits per heavy atom. The predicted molar refractivity (Wildman–Crippen MR) is 102 cm³/mol. The Morgan fingerprint density at radius 3 is 2.29 bits per heavy atom. The van der Waals surface area contributed by atoms with Crippen LogP contribution in [0.25, 0.3) is 0 Å². The molecule has 2 bridgehead atoms. The molecule has 2 N–H and O–H groups in total. The lowest BCUT2D eigenvalue weighted by atomic mass is 9.36. The number of halogens is 2. The Labute approximate surface area is 162 Å². The van der Waals surface area contributed by atoms with Gasteiger partial charge < -0.3 is 10.6 Å². The molecule has 4 nitrogen and oxygen atoms in total. The second-order valence-corrected chi connectivity index (χ2v) is 8.31. The van der Waals surface area contributed by atoms with Gasteiger partial charge in [-0.2, -0.15) is 0 Å². The van der Waals surface area contributed by atoms with Crippen LogP contribution in [-0.4, -0.2) is 17.4 Å². The second-order valence-electron chi connectivity index (χ2n) is 8.31. The van der Waals surface area contributed by atoms with Gasteiger partial charge in [0, 0.05) is 22.7 Å². The maximum atomic E-state index is 13.4. The minimum Gasteiger partial charge on any atom is -0.347 e. The number of nitrogens with one attached hydrogen (secondary N) is 2. The van der Waals surface area contributed by atoms with Crippen LogP contribution in [0.3, 0.4) is 0 Å². The van der Waals surface area contributed by atoms with E-state index in [0.29, 0.717) is 16.8 Å². The fourth-order valence-corrected chi connectivity index (χ4v) is 4.62. The summed E-state index contributed by atoms with van der Waals surface area (Å²) in [7, 11) is 0. The average molecular weight is 384 g/mol. The lowest BCUT2D eigenvalue weighted by Crippen LogP contribution is -2.77. The van der Waals surface area contributed by atoms with Gasteiger partial charge in [0.2, 0.25) is 5.91 Å². The number of carbonyl (C=O) groups is 2. The van der Waals surface area contributed by atoms with Crippen LogP contribution in [0.2, 0.25) is 0 Å². The summed E-state index contributed by atoms with van der Waals surface area (Å²) in [5.74, 6) is -1.19. The van der Waals surface area contributed by atoms with E-state index < -0.39 is 0 Å². The van der Waals surface area contributed by atoms with Crippen molar-refractivity contribution >= 4 is 17.5 Å². The number of carbonyl (C=O) groups excluding carboxylic acids is 2. The fourth-order valence-electron chi connectivity index (χ4n) is 4.62. The van der Waals surface area contributed by atoms with Crippen LogP contribution in [0, 0.1) is 29.9 Å². The van der Waals surface area contributed by atoms with Crippen molar-refractivity contribution in [2.24, 2.45) is 11.3 Å². The zero-order chi connectivity index (χ0) is 20.1. The Hall–Kier alpha value is -2.76. The second kappa shape index (κ2) is 6.40. The van der Waals surface area contributed by atoms with E-state index in [1.54, 1.807) is 13.0 Å². The first-order valence-corrected chi connectivity index (χ1v) is 9.37. The summed E-state index contributed by atoms with van der Waals surface area (Å²) in [6, 6.07) is 10.0. The SMILES string of the molecule is Cc1cc(C(=O)NC23CC([C@@H](C)C(=O)Nc4ccc(F)cc4)(C2)C3)ccc1F. The van der Waals surface area contributed by atoms with Gasteiger partial charge in [-0.15, -0.1) is 0 Å². The molecule has 6 heteroatoms. The molecule has 0 unspecified atom stereocenters. The van der Waals surface area contributed by atoms with Crippen molar-refractivity contribution in [1.29, 1.82) is 0 Å². The van der Waals surface area contributed by atoms with Gasteiger partial charge in [0.25, 0.3) is 5.91 Å². The molecule has 2 amide bonds. The van der Waals surface area contributed by atoms with Gasteiger partial charge in [-0.1, -0.05) is 6.92 Å². The van der Waals surface area contributed by atoms with Crippen molar-refractivity contribution in [3.63, 3.8) is 0 Å². The van der Waals surface area contributed by atoms with E-state index in [1.165, 1.54) is 36.4 Å². The van der Waals surface area contributed by atoms with Gasteiger partial charge in [-0.3, -0.25) is 9.59 Å². The maximum Gasteiger partial charge on any atom is 0.251 e. The summed E-state index contributed by atoms with van der Waals surface area (Å²) in [6.45, 7) is 3.52. The number of rotatable bonds is 5. The van der Waals surface area contributed by atoms with Gasteiger partial charge in [0.15, 0.2) is 0 Å². The molecule has 0 saturated heterocycles. The van der Waals surface area contributed by atoms with Crippen molar-refractivity contribution in [1.82, 2.24) is 5.32 Å². The normalized spacial score (nSPS) is 25.9. The van der Waals surface area contributed by atoms with Crippen LogP contribution in [0.5, 0.6) is 0 Å². The van der Waals surface area contributed by atoms with Crippen LogP contribution < -0.4 is 10.6 Å². The number of aryl methyl sites for hydroxylation is 1. The standard InChI is InChI=1S/C22H22F2N2O2/c1-13-9-15(3-8-18(13)24)20(28)26-22-10-21(11-22,12-22)14(2)19(27)25-17-6-4-16(23)5-7-17/h3-9,14H,10-12H2,1-2H3,(H,25,27)(H,26,28)/t14-,21?,22?/m0/s1. The molecule has 3 aliphatic rings. The molecule has 3 saturated carbocycles. The van der Waals surface area contributed by atoms with Crippen molar-refractivity contribution < 1.29 is 18.4 Å². The summed E-state index contributed by atoms with van der Waals surface area (Å²) in [5, 5.41) is 5.89. The summed E-state index contributed by atoms with van der Waals surface area (Å²) >= 11 is 0. The Kier molecular flexibility index (Phi) is 4.25. The molecule has 3 fully saturated rings. The third kappa shape index (κ3) is 3.07. The highest BCUT2D eigenvalue weighted by molar-refractivity contribution is 5.96. The first-order valence-electron chi connectivity index (χ1n) is 9.37. The molecule has 0 aromatic heterocycles. The molecule has 3 aliphatic carbocycles. The van der Waals surface area contributed by atoms with E-state index in [2.05, 4.69) is 10.6 Å². The number of benzene rings is 2. The van der Waals surface area contributed by atoms with Gasteiger partial charge in [-0.05, 0) is 79.6 Å². The van der Waals surface area contributed by atoms with Crippen LogP contribution >= 0.6 is 0 Å². The van der Waals surface area contributed by atoms with E-state index in [4.69, 9.17) is 0 Å². The zero-order valence-corrected chi connectivity index (χ0v) is 15.8.